The Morgan fingerprint density at radius 2 is 1.97 bits per heavy atom. The lowest BCUT2D eigenvalue weighted by Gasteiger charge is -2.23. The normalized spacial score (nSPS) is 13.9. The van der Waals surface area contributed by atoms with E-state index in [1.54, 1.807) is 30.3 Å². The zero-order valence-corrected chi connectivity index (χ0v) is 18.3. The Morgan fingerprint density at radius 3 is 2.67 bits per heavy atom. The fourth-order valence-electron chi connectivity index (χ4n) is 3.51. The molecule has 1 aliphatic rings. The largest absolute Gasteiger partial charge is 0.332 e. The maximum absolute atomic E-state index is 13.4. The van der Waals surface area contributed by atoms with Crippen LogP contribution in [0.15, 0.2) is 45.0 Å². The Hall–Kier alpha value is -2.84. The summed E-state index contributed by atoms with van der Waals surface area (Å²) in [6, 6.07) is 5.04. The van der Waals surface area contributed by atoms with Gasteiger partial charge in [0.2, 0.25) is 5.95 Å². The highest BCUT2D eigenvalue weighted by atomic mass is 35.5. The minimum Gasteiger partial charge on any atom is -0.297 e. The molecule has 1 aromatic carbocycles. The van der Waals surface area contributed by atoms with Crippen LogP contribution in [-0.2, 0) is 20.1 Å². The molecule has 0 saturated heterocycles. The van der Waals surface area contributed by atoms with Gasteiger partial charge in [-0.3, -0.25) is 18.5 Å². The Bertz CT molecular complexity index is 1330. The van der Waals surface area contributed by atoms with Gasteiger partial charge < -0.3 is 0 Å². The first-order valence-corrected chi connectivity index (χ1v) is 10.1. The lowest BCUT2D eigenvalue weighted by Crippen LogP contribution is -2.40. The molecule has 156 valence electrons. The molecule has 2 aromatic heterocycles. The van der Waals surface area contributed by atoms with E-state index < -0.39 is 11.2 Å². The van der Waals surface area contributed by atoms with Gasteiger partial charge in [0.05, 0.1) is 35.4 Å². The zero-order valence-electron chi connectivity index (χ0n) is 16.8. The standard InChI is InChI=1S/C20H20Cl2N6O2/c1-4-5-8-28-19-23-17-16(26(19)10-12(2)24-28)18(29)27(20(30)25(17)3)11-13-6-7-14(21)15(22)9-13/h4-7,9H,8,10-11H2,1-3H3/b5-4-. The molecule has 0 radical (unpaired) electrons. The Morgan fingerprint density at radius 1 is 1.20 bits per heavy atom. The number of rotatable bonds is 4. The van der Waals surface area contributed by atoms with Crippen LogP contribution in [0.1, 0.15) is 19.4 Å². The molecule has 0 bridgehead atoms. The second-order valence-corrected chi connectivity index (χ2v) is 7.95. The summed E-state index contributed by atoms with van der Waals surface area (Å²) in [6.45, 7) is 4.84. The first-order valence-electron chi connectivity index (χ1n) is 9.38. The lowest BCUT2D eigenvalue weighted by atomic mass is 10.2. The van der Waals surface area contributed by atoms with Crippen molar-refractivity contribution in [1.82, 2.24) is 18.7 Å². The van der Waals surface area contributed by atoms with Crippen molar-refractivity contribution in [3.63, 3.8) is 0 Å². The van der Waals surface area contributed by atoms with Gasteiger partial charge in [-0.2, -0.15) is 10.1 Å². The highest BCUT2D eigenvalue weighted by Gasteiger charge is 2.26. The minimum atomic E-state index is -0.452. The molecule has 4 rings (SSSR count). The van der Waals surface area contributed by atoms with Gasteiger partial charge in [-0.25, -0.2) is 9.80 Å². The number of hydrogen-bond donors (Lipinski definition) is 0. The molecule has 3 aromatic rings. The topological polar surface area (TPSA) is 77.4 Å². The van der Waals surface area contributed by atoms with Crippen molar-refractivity contribution in [2.24, 2.45) is 12.1 Å². The summed E-state index contributed by atoms with van der Waals surface area (Å²) in [5.41, 5.74) is 1.39. The quantitative estimate of drug-likeness (QED) is 0.577. The summed E-state index contributed by atoms with van der Waals surface area (Å²) in [5.74, 6) is 0.535. The highest BCUT2D eigenvalue weighted by Crippen LogP contribution is 2.24. The van der Waals surface area contributed by atoms with E-state index in [2.05, 4.69) is 10.1 Å². The van der Waals surface area contributed by atoms with Crippen LogP contribution in [-0.4, -0.2) is 30.9 Å². The molecule has 0 aliphatic carbocycles. The summed E-state index contributed by atoms with van der Waals surface area (Å²) >= 11 is 12.1. The van der Waals surface area contributed by atoms with E-state index >= 15 is 0 Å². The van der Waals surface area contributed by atoms with Crippen molar-refractivity contribution in [3.05, 3.63) is 66.8 Å². The molecule has 0 atom stereocenters. The van der Waals surface area contributed by atoms with Crippen molar-refractivity contribution in [2.75, 3.05) is 11.6 Å². The molecule has 1 aliphatic heterocycles. The van der Waals surface area contributed by atoms with E-state index in [1.165, 1.54) is 9.13 Å². The second-order valence-electron chi connectivity index (χ2n) is 7.14. The van der Waals surface area contributed by atoms with Crippen molar-refractivity contribution in [2.45, 2.75) is 26.9 Å². The molecule has 0 N–H and O–H groups in total. The van der Waals surface area contributed by atoms with E-state index in [9.17, 15) is 9.59 Å². The molecule has 10 heteroatoms. The number of aryl methyl sites for hydroxylation is 1. The molecule has 0 amide bonds. The van der Waals surface area contributed by atoms with Crippen LogP contribution >= 0.6 is 23.2 Å². The van der Waals surface area contributed by atoms with E-state index in [0.717, 1.165) is 5.71 Å². The Labute approximate surface area is 182 Å². The van der Waals surface area contributed by atoms with Gasteiger partial charge in [-0.05, 0) is 31.5 Å². The average molecular weight is 447 g/mol. The number of halogens is 2. The third kappa shape index (κ3) is 3.36. The highest BCUT2D eigenvalue weighted by molar-refractivity contribution is 6.42. The molecule has 3 heterocycles. The summed E-state index contributed by atoms with van der Waals surface area (Å²) in [7, 11) is 1.61. The molecule has 8 nitrogen and oxygen atoms in total. The van der Waals surface area contributed by atoms with Crippen molar-refractivity contribution >= 4 is 46.0 Å². The van der Waals surface area contributed by atoms with Crippen LogP contribution in [0.25, 0.3) is 11.2 Å². The maximum Gasteiger partial charge on any atom is 0.332 e. The van der Waals surface area contributed by atoms with Crippen LogP contribution in [0.2, 0.25) is 10.0 Å². The van der Waals surface area contributed by atoms with Gasteiger partial charge in [-0.1, -0.05) is 41.4 Å². The van der Waals surface area contributed by atoms with E-state index in [0.29, 0.717) is 45.8 Å². The van der Waals surface area contributed by atoms with E-state index in [1.807, 2.05) is 30.6 Å². The third-order valence-corrected chi connectivity index (χ3v) is 5.70. The van der Waals surface area contributed by atoms with Crippen molar-refractivity contribution in [1.29, 1.82) is 0 Å². The van der Waals surface area contributed by atoms with Crippen LogP contribution < -0.4 is 16.3 Å². The number of anilines is 1. The summed E-state index contributed by atoms with van der Waals surface area (Å²) in [6.07, 6.45) is 3.87. The van der Waals surface area contributed by atoms with Gasteiger partial charge in [-0.15, -0.1) is 0 Å². The predicted molar refractivity (Wildman–Crippen MR) is 120 cm³/mol. The summed E-state index contributed by atoms with van der Waals surface area (Å²) in [5, 5.41) is 7.05. The van der Waals surface area contributed by atoms with Crippen LogP contribution in [0.3, 0.4) is 0 Å². The number of nitrogens with zero attached hydrogens (tertiary/aromatic N) is 6. The summed E-state index contributed by atoms with van der Waals surface area (Å²) < 4.78 is 4.39. The molecule has 0 spiro atoms. The van der Waals surface area contributed by atoms with Crippen LogP contribution in [0.5, 0.6) is 0 Å². The smallest absolute Gasteiger partial charge is 0.297 e. The Balaban J connectivity index is 1.91. The van der Waals surface area contributed by atoms with Crippen LogP contribution in [0, 0.1) is 0 Å². The number of benzene rings is 1. The Kier molecular flexibility index (Phi) is 5.29. The number of allylic oxidation sites excluding steroid dienone is 1. The fourth-order valence-corrected chi connectivity index (χ4v) is 3.83. The SMILES string of the molecule is C/C=C\CN1N=C(C)Cn2c1nc1c2c(=O)n(Cc2ccc(Cl)c(Cl)c2)c(=O)n1C. The first kappa shape index (κ1) is 20.4. The molecular weight excluding hydrogens is 427 g/mol. The first-order chi connectivity index (χ1) is 14.3. The van der Waals surface area contributed by atoms with Gasteiger partial charge in [0.25, 0.3) is 5.56 Å². The second kappa shape index (κ2) is 7.77. The number of fused-ring (bicyclic) bond motifs is 3. The minimum absolute atomic E-state index is 0.0776. The number of imidazole rings is 1. The van der Waals surface area contributed by atoms with Gasteiger partial charge >= 0.3 is 5.69 Å². The summed E-state index contributed by atoms with van der Waals surface area (Å²) in [4.78, 5) is 30.9. The monoisotopic (exact) mass is 446 g/mol. The van der Waals surface area contributed by atoms with E-state index in [4.69, 9.17) is 23.2 Å². The maximum atomic E-state index is 13.4. The van der Waals surface area contributed by atoms with Crippen molar-refractivity contribution < 1.29 is 0 Å². The molecule has 0 unspecified atom stereocenters. The predicted octanol–water partition coefficient (Wildman–Crippen LogP) is 3.02. The van der Waals surface area contributed by atoms with Crippen LogP contribution in [0.4, 0.5) is 5.95 Å². The molecule has 0 saturated carbocycles. The number of hydrazone groups is 1. The third-order valence-electron chi connectivity index (χ3n) is 4.96. The fraction of sp³-hybridized carbons (Fsp3) is 0.300. The lowest BCUT2D eigenvalue weighted by molar-refractivity contribution is 0.653. The molecular formula is C20H20Cl2N6O2. The number of hydrogen-bond acceptors (Lipinski definition) is 5. The van der Waals surface area contributed by atoms with Gasteiger partial charge in [0.1, 0.15) is 0 Å². The number of aromatic nitrogens is 4. The average Bonchev–Trinajstić information content (AvgIpc) is 3.10. The molecule has 30 heavy (non-hydrogen) atoms. The van der Waals surface area contributed by atoms with Gasteiger partial charge in [0, 0.05) is 7.05 Å². The zero-order chi connectivity index (χ0) is 21.6. The molecule has 0 fully saturated rings. The van der Waals surface area contributed by atoms with E-state index in [-0.39, 0.29) is 6.54 Å². The van der Waals surface area contributed by atoms with Gasteiger partial charge in [0.15, 0.2) is 11.2 Å². The van der Waals surface area contributed by atoms with Crippen molar-refractivity contribution in [3.8, 4) is 0 Å².